The number of nitrogens with zero attached hydrogens (tertiary/aromatic N) is 2. The Bertz CT molecular complexity index is 2130. The second-order valence-electron chi connectivity index (χ2n) is 9.65. The minimum absolute atomic E-state index is 0.0722. The van der Waals surface area contributed by atoms with Crippen LogP contribution in [-0.4, -0.2) is 4.57 Å². The van der Waals surface area contributed by atoms with E-state index in [0.717, 1.165) is 64.7 Å². The summed E-state index contributed by atoms with van der Waals surface area (Å²) >= 11 is 1.65. The first-order valence-corrected chi connectivity index (χ1v) is 14.7. The number of anilines is 3. The van der Waals surface area contributed by atoms with Crippen LogP contribution in [0.2, 0.25) is 0 Å². The van der Waals surface area contributed by atoms with Gasteiger partial charge in [0.25, 0.3) is 5.56 Å². The van der Waals surface area contributed by atoms with Gasteiger partial charge >= 0.3 is 0 Å². The number of hydrogen-bond donors (Lipinski definition) is 0. The quantitative estimate of drug-likeness (QED) is 0.190. The van der Waals surface area contributed by atoms with Gasteiger partial charge in [0, 0.05) is 26.3 Å². The average Bonchev–Trinajstić information content (AvgIpc) is 2.93. The van der Waals surface area contributed by atoms with Gasteiger partial charge in [-0.05, 0) is 53.9 Å². The van der Waals surface area contributed by atoms with Crippen LogP contribution in [0, 0.1) is 0 Å². The van der Waals surface area contributed by atoms with Crippen molar-refractivity contribution < 1.29 is 4.57 Å². The molecule has 0 saturated carbocycles. The lowest BCUT2D eigenvalue weighted by atomic mass is 10.0. The van der Waals surface area contributed by atoms with E-state index < -0.39 is 7.14 Å². The summed E-state index contributed by atoms with van der Waals surface area (Å²) in [6, 6.07) is 34.4. The summed E-state index contributed by atoms with van der Waals surface area (Å²) in [6.07, 6.45) is 0. The molecule has 3 aliphatic rings. The molecule has 37 heavy (non-hydrogen) atoms. The third-order valence-electron chi connectivity index (χ3n) is 7.86. The second-order valence-corrected chi connectivity index (χ2v) is 13.3. The maximum Gasteiger partial charge on any atom is 0.263 e. The van der Waals surface area contributed by atoms with Gasteiger partial charge in [-0.3, -0.25) is 9.36 Å². The summed E-state index contributed by atoms with van der Waals surface area (Å²) in [5.74, 6) is 0. The van der Waals surface area contributed by atoms with E-state index in [4.69, 9.17) is 0 Å². The molecule has 0 amide bonds. The summed E-state index contributed by atoms with van der Waals surface area (Å²) in [7, 11) is -3.28. The molecule has 0 N–H and O–H groups in total. The van der Waals surface area contributed by atoms with Crippen LogP contribution < -0.4 is 26.4 Å². The maximum absolute atomic E-state index is 15.9. The van der Waals surface area contributed by atoms with Crippen LogP contribution in [0.5, 0.6) is 0 Å². The third-order valence-corrected chi connectivity index (χ3v) is 12.6. The van der Waals surface area contributed by atoms with E-state index in [0.29, 0.717) is 5.39 Å². The Morgan fingerprint density at radius 2 is 1.22 bits per heavy atom. The minimum Gasteiger partial charge on any atom is -0.309 e. The SMILES string of the molecule is O=c1c2ccccc2c2ccc3c4c2n1-c1cccc2c1P4(=O)c1c(cccc1N3c1ccccc1)S2. The van der Waals surface area contributed by atoms with Crippen molar-refractivity contribution in [1.82, 2.24) is 4.57 Å². The largest absolute Gasteiger partial charge is 0.309 e. The average molecular weight is 513 g/mol. The molecule has 0 fully saturated rings. The molecule has 0 spiro atoms. The first-order chi connectivity index (χ1) is 18.2. The first kappa shape index (κ1) is 20.1. The van der Waals surface area contributed by atoms with E-state index in [1.54, 1.807) is 11.8 Å². The van der Waals surface area contributed by atoms with Crippen LogP contribution in [-0.2, 0) is 4.57 Å². The van der Waals surface area contributed by atoms with E-state index in [-0.39, 0.29) is 5.56 Å². The van der Waals surface area contributed by atoms with Crippen LogP contribution in [0.15, 0.2) is 118 Å². The van der Waals surface area contributed by atoms with Gasteiger partial charge in [0.1, 0.15) is 0 Å². The molecule has 4 heterocycles. The fourth-order valence-corrected chi connectivity index (χ4v) is 11.9. The molecular formula is C31H17N2O2PS. The molecule has 0 bridgehead atoms. The van der Waals surface area contributed by atoms with Crippen molar-refractivity contribution in [2.45, 2.75) is 9.79 Å². The van der Waals surface area contributed by atoms with Crippen LogP contribution in [0.25, 0.3) is 27.4 Å². The van der Waals surface area contributed by atoms with Crippen molar-refractivity contribution in [2.75, 3.05) is 4.90 Å². The highest BCUT2D eigenvalue weighted by molar-refractivity contribution is 8.03. The zero-order valence-electron chi connectivity index (χ0n) is 19.4. The fourth-order valence-electron chi connectivity index (χ4n) is 6.48. The standard InChI is InChI=1S/C31H17N2O2PS/c34-31-21-11-5-4-10-19(21)20-16-17-24-30-27(20)33(31)23-13-7-15-26-29(23)36(30,35)28-22(12-6-14-25(28)37-26)32(24)18-8-2-1-3-9-18/h1-17H. The van der Waals surface area contributed by atoms with Gasteiger partial charge in [0.15, 0.2) is 7.14 Å². The van der Waals surface area contributed by atoms with Gasteiger partial charge in [-0.1, -0.05) is 66.4 Å². The van der Waals surface area contributed by atoms with Crippen LogP contribution in [0.3, 0.4) is 0 Å². The lowest BCUT2D eigenvalue weighted by Crippen LogP contribution is -2.45. The number of benzene rings is 5. The second kappa shape index (κ2) is 6.63. The zero-order chi connectivity index (χ0) is 24.5. The molecule has 1 atom stereocenters. The summed E-state index contributed by atoms with van der Waals surface area (Å²) < 4.78 is 17.7. The number of pyridine rings is 1. The highest BCUT2D eigenvalue weighted by Gasteiger charge is 2.51. The third kappa shape index (κ3) is 2.21. The highest BCUT2D eigenvalue weighted by Crippen LogP contribution is 2.63. The Morgan fingerprint density at radius 3 is 2.00 bits per heavy atom. The van der Waals surface area contributed by atoms with Crippen molar-refractivity contribution in [1.29, 1.82) is 0 Å². The van der Waals surface area contributed by atoms with Gasteiger partial charge in [-0.25, -0.2) is 0 Å². The summed E-state index contributed by atoms with van der Waals surface area (Å²) in [4.78, 5) is 18.3. The predicted octanol–water partition coefficient (Wildman–Crippen LogP) is 6.34. The molecule has 3 aliphatic heterocycles. The smallest absolute Gasteiger partial charge is 0.263 e. The molecular weight excluding hydrogens is 495 g/mol. The fraction of sp³-hybridized carbons (Fsp3) is 0. The van der Waals surface area contributed by atoms with Crippen LogP contribution in [0.4, 0.5) is 17.1 Å². The van der Waals surface area contributed by atoms with Gasteiger partial charge in [-0.15, -0.1) is 0 Å². The topological polar surface area (TPSA) is 42.3 Å². The Kier molecular flexibility index (Phi) is 3.59. The van der Waals surface area contributed by atoms with E-state index in [9.17, 15) is 4.79 Å². The summed E-state index contributed by atoms with van der Waals surface area (Å²) in [5.41, 5.74) is 4.26. The molecule has 1 aromatic heterocycles. The minimum atomic E-state index is -3.28. The number of fused-ring (bicyclic) bond motifs is 3. The molecule has 6 aromatic rings. The zero-order valence-corrected chi connectivity index (χ0v) is 21.1. The monoisotopic (exact) mass is 512 g/mol. The maximum atomic E-state index is 15.9. The molecule has 5 aromatic carbocycles. The van der Waals surface area contributed by atoms with E-state index >= 15 is 4.57 Å². The van der Waals surface area contributed by atoms with Crippen LogP contribution in [0.1, 0.15) is 0 Å². The molecule has 0 saturated heterocycles. The Hall–Kier alpha value is -4.05. The number of aromatic nitrogens is 1. The number of para-hydroxylation sites is 1. The predicted molar refractivity (Wildman–Crippen MR) is 152 cm³/mol. The molecule has 174 valence electrons. The number of rotatable bonds is 1. The normalized spacial score (nSPS) is 17.9. The van der Waals surface area contributed by atoms with Crippen molar-refractivity contribution in [3.05, 3.63) is 113 Å². The molecule has 0 radical (unpaired) electrons. The van der Waals surface area contributed by atoms with Gasteiger partial charge < -0.3 is 9.46 Å². The van der Waals surface area contributed by atoms with Gasteiger partial charge in [-0.2, -0.15) is 0 Å². The molecule has 0 aliphatic carbocycles. The van der Waals surface area contributed by atoms with Crippen molar-refractivity contribution in [3.8, 4) is 5.69 Å². The molecule has 4 nitrogen and oxygen atoms in total. The Morgan fingerprint density at radius 1 is 0.568 bits per heavy atom. The highest BCUT2D eigenvalue weighted by atomic mass is 32.2. The van der Waals surface area contributed by atoms with Gasteiger partial charge in [0.2, 0.25) is 0 Å². The summed E-state index contributed by atoms with van der Waals surface area (Å²) in [5, 5.41) is 4.97. The van der Waals surface area contributed by atoms with E-state index in [1.807, 2.05) is 65.2 Å². The van der Waals surface area contributed by atoms with Crippen molar-refractivity contribution >= 4 is 73.6 Å². The molecule has 9 rings (SSSR count). The van der Waals surface area contributed by atoms with Crippen LogP contribution >= 0.6 is 18.9 Å². The molecule has 1 unspecified atom stereocenters. The summed E-state index contributed by atoms with van der Waals surface area (Å²) in [6.45, 7) is 0. The van der Waals surface area contributed by atoms with Gasteiger partial charge in [0.05, 0.1) is 38.5 Å². The first-order valence-electron chi connectivity index (χ1n) is 12.2. The lowest BCUT2D eigenvalue weighted by molar-refractivity contribution is 0.591. The Balaban J connectivity index is 1.60. The molecule has 6 heteroatoms. The van der Waals surface area contributed by atoms with E-state index in [1.165, 1.54) is 0 Å². The van der Waals surface area contributed by atoms with Crippen molar-refractivity contribution in [2.24, 2.45) is 0 Å². The van der Waals surface area contributed by atoms with E-state index in [2.05, 4.69) is 47.4 Å². The lowest BCUT2D eigenvalue weighted by Gasteiger charge is -2.44. The number of hydrogen-bond acceptors (Lipinski definition) is 4. The van der Waals surface area contributed by atoms with Crippen molar-refractivity contribution in [3.63, 3.8) is 0 Å². The Labute approximate surface area is 216 Å².